The van der Waals surface area contributed by atoms with Crippen molar-refractivity contribution in [1.29, 1.82) is 0 Å². The second kappa shape index (κ2) is 7.88. The lowest BCUT2D eigenvalue weighted by atomic mass is 9.94. The summed E-state index contributed by atoms with van der Waals surface area (Å²) < 4.78 is 13.0. The van der Waals surface area contributed by atoms with Crippen LogP contribution in [0.3, 0.4) is 0 Å². The number of piperidine rings is 1. The van der Waals surface area contributed by atoms with E-state index in [-0.39, 0.29) is 29.5 Å². The molecule has 2 aliphatic heterocycles. The molecule has 1 saturated heterocycles. The second-order valence-corrected chi connectivity index (χ2v) is 7.07. The van der Waals surface area contributed by atoms with E-state index in [9.17, 15) is 14.0 Å². The van der Waals surface area contributed by atoms with Gasteiger partial charge in [-0.05, 0) is 30.5 Å². The zero-order chi connectivity index (χ0) is 19.5. The van der Waals surface area contributed by atoms with Crippen LogP contribution >= 0.6 is 0 Å². The average Bonchev–Trinajstić information content (AvgIpc) is 3.24. The normalized spacial score (nSPS) is 19.8. The number of pyridine rings is 1. The maximum atomic E-state index is 13.0. The van der Waals surface area contributed by atoms with Gasteiger partial charge in [-0.15, -0.1) is 0 Å². The number of hydrogen-bond donors (Lipinski definition) is 0. The van der Waals surface area contributed by atoms with E-state index < -0.39 is 5.82 Å². The van der Waals surface area contributed by atoms with Gasteiger partial charge in [0, 0.05) is 31.6 Å². The largest absolute Gasteiger partial charge is 0.337 e. The summed E-state index contributed by atoms with van der Waals surface area (Å²) in [6.07, 6.45) is 4.70. The van der Waals surface area contributed by atoms with Crippen molar-refractivity contribution in [3.05, 3.63) is 65.7 Å². The summed E-state index contributed by atoms with van der Waals surface area (Å²) >= 11 is 0. The van der Waals surface area contributed by atoms with Crippen molar-refractivity contribution in [1.82, 2.24) is 14.9 Å². The van der Waals surface area contributed by atoms with E-state index in [0.717, 1.165) is 11.8 Å². The fourth-order valence-corrected chi connectivity index (χ4v) is 3.76. The summed E-state index contributed by atoms with van der Waals surface area (Å²) in [6, 6.07) is 12.5. The summed E-state index contributed by atoms with van der Waals surface area (Å²) in [5.74, 6) is -0.853. The smallest absolute Gasteiger partial charge is 0.272 e. The number of likely N-dealkylation sites (tertiary alicyclic amines) is 1. The van der Waals surface area contributed by atoms with E-state index in [1.807, 2.05) is 30.3 Å². The van der Waals surface area contributed by atoms with Crippen LogP contribution < -0.4 is 0 Å². The molecule has 0 radical (unpaired) electrons. The Labute approximate surface area is 162 Å². The van der Waals surface area contributed by atoms with E-state index in [4.69, 9.17) is 0 Å². The maximum Gasteiger partial charge on any atom is 0.272 e. The van der Waals surface area contributed by atoms with Crippen molar-refractivity contribution in [3.8, 4) is 0 Å². The van der Waals surface area contributed by atoms with Gasteiger partial charge in [0.25, 0.3) is 5.91 Å². The van der Waals surface area contributed by atoms with Gasteiger partial charge < -0.3 is 4.90 Å². The molecule has 4 rings (SSSR count). The molecule has 144 valence electrons. The Morgan fingerprint density at radius 3 is 2.46 bits per heavy atom. The molecule has 1 atom stereocenters. The van der Waals surface area contributed by atoms with Crippen LogP contribution in [0.2, 0.25) is 0 Å². The highest BCUT2D eigenvalue weighted by Gasteiger charge is 2.35. The van der Waals surface area contributed by atoms with Crippen LogP contribution in [-0.4, -0.2) is 46.0 Å². The second-order valence-electron chi connectivity index (χ2n) is 7.07. The van der Waals surface area contributed by atoms with Crippen LogP contribution in [0.25, 0.3) is 0 Å². The van der Waals surface area contributed by atoms with Crippen molar-refractivity contribution in [2.75, 3.05) is 13.1 Å². The van der Waals surface area contributed by atoms with Gasteiger partial charge >= 0.3 is 0 Å². The first-order valence-electron chi connectivity index (χ1n) is 9.45. The molecule has 1 unspecified atom stereocenters. The Kier molecular flexibility index (Phi) is 5.14. The van der Waals surface area contributed by atoms with Gasteiger partial charge in [-0.25, -0.2) is 14.4 Å². The molecular formula is C21H21FN4O2. The standard InChI is InChI=1S/C21H21FN4O2/c22-17-6-7-18(23-14-17)21(28)25-12-9-16(10-13-25)20(27)26-19(8-11-24-26)15-4-2-1-3-5-15/h1-7,11,14,16,19H,8-10,12-13H2. The first-order valence-corrected chi connectivity index (χ1v) is 9.45. The molecule has 0 spiro atoms. The molecule has 2 aromatic rings. The highest BCUT2D eigenvalue weighted by atomic mass is 19.1. The molecule has 1 fully saturated rings. The van der Waals surface area contributed by atoms with Crippen LogP contribution in [0.4, 0.5) is 4.39 Å². The molecule has 1 aromatic carbocycles. The Bertz CT molecular complexity index is 877. The molecule has 3 heterocycles. The van der Waals surface area contributed by atoms with Gasteiger partial charge in [-0.3, -0.25) is 9.59 Å². The number of benzene rings is 1. The maximum absolute atomic E-state index is 13.0. The van der Waals surface area contributed by atoms with Crippen LogP contribution in [0, 0.1) is 11.7 Å². The number of hydrogen-bond acceptors (Lipinski definition) is 4. The lowest BCUT2D eigenvalue weighted by Gasteiger charge is -2.33. The Morgan fingerprint density at radius 1 is 1.04 bits per heavy atom. The number of hydrazone groups is 1. The van der Waals surface area contributed by atoms with Gasteiger partial charge in [0.15, 0.2) is 0 Å². The fourth-order valence-electron chi connectivity index (χ4n) is 3.76. The Hall–Kier alpha value is -3.09. The highest BCUT2D eigenvalue weighted by molar-refractivity contribution is 5.92. The number of carbonyl (C=O) groups excluding carboxylic acids is 2. The molecule has 0 bridgehead atoms. The summed E-state index contributed by atoms with van der Waals surface area (Å²) in [6.45, 7) is 0.948. The van der Waals surface area contributed by atoms with E-state index >= 15 is 0 Å². The van der Waals surface area contributed by atoms with Crippen LogP contribution in [0.1, 0.15) is 41.4 Å². The molecule has 7 heteroatoms. The number of nitrogens with zero attached hydrogens (tertiary/aromatic N) is 4. The van der Waals surface area contributed by atoms with E-state index in [1.165, 1.54) is 12.1 Å². The molecule has 6 nitrogen and oxygen atoms in total. The Balaban J connectivity index is 1.38. The van der Waals surface area contributed by atoms with Crippen molar-refractivity contribution in [2.45, 2.75) is 25.3 Å². The topological polar surface area (TPSA) is 65.9 Å². The summed E-state index contributed by atoms with van der Waals surface area (Å²) in [5, 5.41) is 5.91. The molecule has 2 amide bonds. The third-order valence-corrected chi connectivity index (χ3v) is 5.32. The summed E-state index contributed by atoms with van der Waals surface area (Å²) in [4.78, 5) is 31.1. The molecule has 0 aliphatic carbocycles. The zero-order valence-electron chi connectivity index (χ0n) is 15.4. The van der Waals surface area contributed by atoms with Gasteiger partial charge in [0.1, 0.15) is 11.5 Å². The molecule has 0 saturated carbocycles. The number of carbonyl (C=O) groups is 2. The highest BCUT2D eigenvalue weighted by Crippen LogP contribution is 2.31. The molecular weight excluding hydrogens is 359 g/mol. The fraction of sp³-hybridized carbons (Fsp3) is 0.333. The SMILES string of the molecule is O=C(c1ccc(F)cn1)N1CCC(C(=O)N2N=CCC2c2ccccc2)CC1. The van der Waals surface area contributed by atoms with Gasteiger partial charge in [-0.2, -0.15) is 5.10 Å². The lowest BCUT2D eigenvalue weighted by molar-refractivity contribution is -0.138. The van der Waals surface area contributed by atoms with Crippen molar-refractivity contribution in [3.63, 3.8) is 0 Å². The first kappa shape index (κ1) is 18.3. The molecule has 28 heavy (non-hydrogen) atoms. The van der Waals surface area contributed by atoms with E-state index in [2.05, 4.69) is 10.1 Å². The third kappa shape index (κ3) is 3.65. The Morgan fingerprint density at radius 2 is 1.79 bits per heavy atom. The predicted octanol–water partition coefficient (Wildman–Crippen LogP) is 3.03. The molecule has 0 N–H and O–H groups in total. The third-order valence-electron chi connectivity index (χ3n) is 5.32. The average molecular weight is 380 g/mol. The minimum atomic E-state index is -0.472. The summed E-state index contributed by atoms with van der Waals surface area (Å²) in [5.41, 5.74) is 1.29. The quantitative estimate of drug-likeness (QED) is 0.822. The van der Waals surface area contributed by atoms with E-state index in [1.54, 1.807) is 16.1 Å². The first-order chi connectivity index (χ1) is 13.6. The number of halogens is 1. The van der Waals surface area contributed by atoms with Gasteiger partial charge in [0.05, 0.1) is 12.2 Å². The number of amides is 2. The van der Waals surface area contributed by atoms with Crippen LogP contribution in [0.5, 0.6) is 0 Å². The lowest BCUT2D eigenvalue weighted by Crippen LogP contribution is -2.43. The molecule has 1 aromatic heterocycles. The van der Waals surface area contributed by atoms with Crippen LogP contribution in [0.15, 0.2) is 53.8 Å². The van der Waals surface area contributed by atoms with Crippen molar-refractivity contribution >= 4 is 18.0 Å². The number of rotatable bonds is 3. The number of aromatic nitrogens is 1. The van der Waals surface area contributed by atoms with Crippen molar-refractivity contribution in [2.24, 2.45) is 11.0 Å². The minimum Gasteiger partial charge on any atom is -0.337 e. The van der Waals surface area contributed by atoms with Gasteiger partial charge in [-0.1, -0.05) is 30.3 Å². The van der Waals surface area contributed by atoms with Gasteiger partial charge in [0.2, 0.25) is 5.91 Å². The monoisotopic (exact) mass is 380 g/mol. The van der Waals surface area contributed by atoms with E-state index in [0.29, 0.717) is 32.4 Å². The zero-order valence-corrected chi connectivity index (χ0v) is 15.4. The van der Waals surface area contributed by atoms with Crippen LogP contribution in [-0.2, 0) is 4.79 Å². The predicted molar refractivity (Wildman–Crippen MR) is 102 cm³/mol. The van der Waals surface area contributed by atoms with Crippen molar-refractivity contribution < 1.29 is 14.0 Å². The molecule has 2 aliphatic rings. The summed E-state index contributed by atoms with van der Waals surface area (Å²) in [7, 11) is 0. The minimum absolute atomic E-state index is 0.00890.